The number of carboxylic acid groups (broad SMARTS) is 1. The van der Waals surface area contributed by atoms with Crippen molar-refractivity contribution in [3.05, 3.63) is 35.4 Å². The molecule has 1 rings (SSSR count). The predicted molar refractivity (Wildman–Crippen MR) is 52.7 cm³/mol. The van der Waals surface area contributed by atoms with Crippen LogP contribution < -0.4 is 5.73 Å². The van der Waals surface area contributed by atoms with Crippen molar-refractivity contribution in [1.82, 2.24) is 0 Å². The SMILES string of the molecule is CC(N)C(=O)O.Clc1ccccc1. The monoisotopic (exact) mass is 201 g/mol. The zero-order valence-corrected chi connectivity index (χ0v) is 8.03. The van der Waals surface area contributed by atoms with E-state index in [-0.39, 0.29) is 0 Å². The number of carbonyl (C=O) groups is 1. The Hall–Kier alpha value is -1.06. The summed E-state index contributed by atoms with van der Waals surface area (Å²) >= 11 is 5.54. The molecular weight excluding hydrogens is 190 g/mol. The lowest BCUT2D eigenvalue weighted by molar-refractivity contribution is -0.138. The summed E-state index contributed by atoms with van der Waals surface area (Å²) in [5.74, 6) is -0.963. The quantitative estimate of drug-likeness (QED) is 0.728. The van der Waals surface area contributed by atoms with Gasteiger partial charge in [-0.1, -0.05) is 29.8 Å². The van der Waals surface area contributed by atoms with E-state index in [2.05, 4.69) is 0 Å². The van der Waals surface area contributed by atoms with Gasteiger partial charge >= 0.3 is 5.97 Å². The molecule has 0 spiro atoms. The van der Waals surface area contributed by atoms with Crippen LogP contribution in [0.2, 0.25) is 5.02 Å². The van der Waals surface area contributed by atoms with Crippen LogP contribution in [0.1, 0.15) is 6.92 Å². The second kappa shape index (κ2) is 6.46. The Bertz CT molecular complexity index is 249. The van der Waals surface area contributed by atoms with Crippen molar-refractivity contribution >= 4 is 17.6 Å². The summed E-state index contributed by atoms with van der Waals surface area (Å²) in [6.07, 6.45) is 0. The standard InChI is InChI=1S/C6H5Cl.C3H7NO2/c7-6-4-2-1-3-5-6;1-2(4)3(5)6/h1-5H;2H,4H2,1H3,(H,5,6). The summed E-state index contributed by atoms with van der Waals surface area (Å²) in [6, 6.07) is 8.71. The number of nitrogens with two attached hydrogens (primary N) is 1. The van der Waals surface area contributed by atoms with E-state index >= 15 is 0 Å². The number of halogens is 1. The number of aliphatic carboxylic acids is 1. The van der Waals surface area contributed by atoms with E-state index in [1.165, 1.54) is 6.92 Å². The van der Waals surface area contributed by atoms with E-state index in [1.807, 2.05) is 30.3 Å². The molecule has 0 aliphatic heterocycles. The van der Waals surface area contributed by atoms with Gasteiger partial charge < -0.3 is 10.8 Å². The minimum atomic E-state index is -0.963. The van der Waals surface area contributed by atoms with Crippen LogP contribution >= 0.6 is 11.6 Å². The number of hydrogen-bond donors (Lipinski definition) is 2. The fourth-order valence-corrected chi connectivity index (χ4v) is 0.560. The molecule has 0 aliphatic carbocycles. The van der Waals surface area contributed by atoms with Gasteiger partial charge in [-0.25, -0.2) is 0 Å². The van der Waals surface area contributed by atoms with Crippen LogP contribution in [0.3, 0.4) is 0 Å². The first kappa shape index (κ1) is 11.9. The third kappa shape index (κ3) is 7.31. The molecule has 0 aromatic heterocycles. The number of hydrogen-bond acceptors (Lipinski definition) is 2. The average molecular weight is 202 g/mol. The Morgan fingerprint density at radius 2 is 1.85 bits per heavy atom. The minimum absolute atomic E-state index is 0.731. The molecule has 0 saturated carbocycles. The van der Waals surface area contributed by atoms with Crippen molar-refractivity contribution in [3.63, 3.8) is 0 Å². The lowest BCUT2D eigenvalue weighted by atomic mass is 10.4. The van der Waals surface area contributed by atoms with Crippen molar-refractivity contribution in [2.75, 3.05) is 0 Å². The molecule has 0 fully saturated rings. The Morgan fingerprint density at radius 3 is 2.00 bits per heavy atom. The van der Waals surface area contributed by atoms with Crippen molar-refractivity contribution < 1.29 is 9.90 Å². The molecule has 0 aliphatic rings. The summed E-state index contributed by atoms with van der Waals surface area (Å²) in [4.78, 5) is 9.57. The van der Waals surface area contributed by atoms with Crippen molar-refractivity contribution in [2.45, 2.75) is 13.0 Å². The van der Waals surface area contributed by atoms with Gasteiger partial charge in [0.2, 0.25) is 0 Å². The highest BCUT2D eigenvalue weighted by Gasteiger charge is 1.99. The highest BCUT2D eigenvalue weighted by molar-refractivity contribution is 6.30. The summed E-state index contributed by atoms with van der Waals surface area (Å²) in [6.45, 7) is 1.42. The van der Waals surface area contributed by atoms with Gasteiger partial charge in [-0.15, -0.1) is 0 Å². The topological polar surface area (TPSA) is 63.3 Å². The molecule has 1 unspecified atom stereocenters. The maximum absolute atomic E-state index is 9.57. The Kier molecular flexibility index (Phi) is 5.93. The Balaban J connectivity index is 0.000000226. The van der Waals surface area contributed by atoms with Gasteiger partial charge in [0.1, 0.15) is 6.04 Å². The summed E-state index contributed by atoms with van der Waals surface area (Å²) in [7, 11) is 0. The summed E-state index contributed by atoms with van der Waals surface area (Å²) < 4.78 is 0. The first-order valence-electron chi connectivity index (χ1n) is 3.73. The predicted octanol–water partition coefficient (Wildman–Crippen LogP) is 1.76. The normalized spacial score (nSPS) is 11.0. The molecular formula is C9H12ClNO2. The molecule has 1 aromatic carbocycles. The highest BCUT2D eigenvalue weighted by atomic mass is 35.5. The minimum Gasteiger partial charge on any atom is -0.480 e. The molecule has 3 N–H and O–H groups in total. The molecule has 0 heterocycles. The van der Waals surface area contributed by atoms with Crippen LogP contribution in [0.25, 0.3) is 0 Å². The molecule has 72 valence electrons. The van der Waals surface area contributed by atoms with Gasteiger partial charge in [-0.05, 0) is 19.1 Å². The van der Waals surface area contributed by atoms with Crippen LogP contribution in [-0.2, 0) is 4.79 Å². The first-order chi connectivity index (χ1) is 6.04. The zero-order valence-electron chi connectivity index (χ0n) is 7.27. The van der Waals surface area contributed by atoms with E-state index in [0.717, 1.165) is 5.02 Å². The molecule has 1 atom stereocenters. The molecule has 0 radical (unpaired) electrons. The molecule has 0 saturated heterocycles. The van der Waals surface area contributed by atoms with Gasteiger partial charge in [0.25, 0.3) is 0 Å². The van der Waals surface area contributed by atoms with E-state index in [1.54, 1.807) is 0 Å². The number of carboxylic acids is 1. The van der Waals surface area contributed by atoms with Gasteiger partial charge in [0.15, 0.2) is 0 Å². The molecule has 13 heavy (non-hydrogen) atoms. The van der Waals surface area contributed by atoms with Crippen LogP contribution in [-0.4, -0.2) is 17.1 Å². The van der Waals surface area contributed by atoms with Crippen molar-refractivity contribution in [1.29, 1.82) is 0 Å². The third-order valence-electron chi connectivity index (χ3n) is 1.12. The number of benzene rings is 1. The van der Waals surface area contributed by atoms with Gasteiger partial charge in [0.05, 0.1) is 0 Å². The smallest absolute Gasteiger partial charge is 0.320 e. The lowest BCUT2D eigenvalue weighted by Crippen LogP contribution is -2.25. The van der Waals surface area contributed by atoms with E-state index in [0.29, 0.717) is 0 Å². The van der Waals surface area contributed by atoms with Crippen LogP contribution in [0, 0.1) is 0 Å². The highest BCUT2D eigenvalue weighted by Crippen LogP contribution is 2.03. The van der Waals surface area contributed by atoms with E-state index < -0.39 is 12.0 Å². The average Bonchev–Trinajstić information content (AvgIpc) is 2.06. The fraction of sp³-hybridized carbons (Fsp3) is 0.222. The van der Waals surface area contributed by atoms with Gasteiger partial charge in [-0.2, -0.15) is 0 Å². The number of rotatable bonds is 1. The van der Waals surface area contributed by atoms with E-state index in [9.17, 15) is 4.79 Å². The van der Waals surface area contributed by atoms with E-state index in [4.69, 9.17) is 22.4 Å². The largest absolute Gasteiger partial charge is 0.480 e. The Labute approximate surface area is 82.1 Å². The molecule has 0 bridgehead atoms. The van der Waals surface area contributed by atoms with Gasteiger partial charge in [0, 0.05) is 5.02 Å². The zero-order chi connectivity index (χ0) is 10.3. The van der Waals surface area contributed by atoms with Crippen LogP contribution in [0.5, 0.6) is 0 Å². The fourth-order valence-electron chi connectivity index (χ4n) is 0.415. The second-order valence-corrected chi connectivity index (χ2v) is 2.86. The summed E-state index contributed by atoms with van der Waals surface area (Å²) in [5, 5.41) is 8.66. The maximum Gasteiger partial charge on any atom is 0.320 e. The third-order valence-corrected chi connectivity index (χ3v) is 1.37. The van der Waals surface area contributed by atoms with Crippen LogP contribution in [0.15, 0.2) is 30.3 Å². The summed E-state index contributed by atoms with van der Waals surface area (Å²) in [5.41, 5.74) is 4.84. The van der Waals surface area contributed by atoms with Crippen molar-refractivity contribution in [2.24, 2.45) is 5.73 Å². The lowest BCUT2D eigenvalue weighted by Gasteiger charge is -1.90. The maximum atomic E-state index is 9.57. The van der Waals surface area contributed by atoms with Crippen molar-refractivity contribution in [3.8, 4) is 0 Å². The molecule has 3 nitrogen and oxygen atoms in total. The van der Waals surface area contributed by atoms with Gasteiger partial charge in [-0.3, -0.25) is 4.79 Å². The second-order valence-electron chi connectivity index (χ2n) is 2.42. The Morgan fingerprint density at radius 1 is 1.46 bits per heavy atom. The molecule has 4 heteroatoms. The molecule has 1 aromatic rings. The molecule has 0 amide bonds. The van der Waals surface area contributed by atoms with Crippen LogP contribution in [0.4, 0.5) is 0 Å². The first-order valence-corrected chi connectivity index (χ1v) is 4.10.